The molecule has 1 aromatic carbocycles. The van der Waals surface area contributed by atoms with E-state index in [2.05, 4.69) is 4.74 Å². The molecule has 0 aliphatic rings. The molecule has 0 aliphatic heterocycles. The van der Waals surface area contributed by atoms with Crippen LogP contribution in [0.5, 0.6) is 0 Å². The summed E-state index contributed by atoms with van der Waals surface area (Å²) < 4.78 is 6.15. The minimum absolute atomic E-state index is 0.382. The molecule has 0 N–H and O–H groups in total. The van der Waals surface area contributed by atoms with Gasteiger partial charge in [0.1, 0.15) is 4.34 Å². The van der Waals surface area contributed by atoms with Crippen molar-refractivity contribution in [1.82, 2.24) is 0 Å². The average Bonchev–Trinajstić information content (AvgIpc) is 2.53. The van der Waals surface area contributed by atoms with Crippen LogP contribution in [-0.4, -0.2) is 13.1 Å². The summed E-state index contributed by atoms with van der Waals surface area (Å²) in [5.41, 5.74) is 0.467. The van der Waals surface area contributed by atoms with Crippen LogP contribution in [0.2, 0.25) is 4.34 Å². The predicted octanol–water partition coefficient (Wildman–Crippen LogP) is 3.34. The lowest BCUT2D eigenvalue weighted by Gasteiger charge is -1.96. The summed E-state index contributed by atoms with van der Waals surface area (Å²) in [7, 11) is 1.35. The van der Waals surface area contributed by atoms with E-state index in [1.54, 1.807) is 0 Å². The number of esters is 1. The van der Waals surface area contributed by atoms with E-state index in [4.69, 9.17) is 11.6 Å². The van der Waals surface area contributed by atoms with Crippen molar-refractivity contribution in [2.45, 2.75) is 0 Å². The molecule has 72 valence electrons. The van der Waals surface area contributed by atoms with Crippen LogP contribution in [-0.2, 0) is 4.74 Å². The SMILES string of the molecule is COC(=O)c1c(Cl)sc2ccccc12. The molecule has 0 bridgehead atoms. The van der Waals surface area contributed by atoms with Crippen molar-refractivity contribution in [1.29, 1.82) is 0 Å². The second-order valence-corrected chi connectivity index (χ2v) is 4.39. The van der Waals surface area contributed by atoms with Gasteiger partial charge in [-0.25, -0.2) is 4.79 Å². The Morgan fingerprint density at radius 3 is 2.86 bits per heavy atom. The Kier molecular flexibility index (Phi) is 2.44. The highest BCUT2D eigenvalue weighted by Crippen LogP contribution is 2.35. The molecule has 0 spiro atoms. The van der Waals surface area contributed by atoms with E-state index in [1.807, 2.05) is 24.3 Å². The monoisotopic (exact) mass is 226 g/mol. The zero-order chi connectivity index (χ0) is 10.1. The molecule has 2 rings (SSSR count). The highest BCUT2D eigenvalue weighted by atomic mass is 35.5. The maximum atomic E-state index is 11.4. The molecule has 2 nitrogen and oxygen atoms in total. The average molecular weight is 227 g/mol. The lowest BCUT2D eigenvalue weighted by atomic mass is 10.2. The highest BCUT2D eigenvalue weighted by Gasteiger charge is 2.17. The number of ether oxygens (including phenoxy) is 1. The topological polar surface area (TPSA) is 26.3 Å². The molecule has 2 aromatic rings. The van der Waals surface area contributed by atoms with Crippen LogP contribution >= 0.6 is 22.9 Å². The lowest BCUT2D eigenvalue weighted by molar-refractivity contribution is 0.0603. The number of methoxy groups -OCH3 is 1. The molecule has 0 saturated heterocycles. The smallest absolute Gasteiger partial charge is 0.340 e. The quantitative estimate of drug-likeness (QED) is 0.698. The van der Waals surface area contributed by atoms with Crippen molar-refractivity contribution in [3.8, 4) is 0 Å². The van der Waals surface area contributed by atoms with Gasteiger partial charge < -0.3 is 4.74 Å². The summed E-state index contributed by atoms with van der Waals surface area (Å²) in [6.07, 6.45) is 0. The molecule has 0 fully saturated rings. The van der Waals surface area contributed by atoms with Crippen LogP contribution in [0.3, 0.4) is 0 Å². The van der Waals surface area contributed by atoms with Crippen molar-refractivity contribution >= 4 is 39.0 Å². The summed E-state index contributed by atoms with van der Waals surface area (Å²) >= 11 is 7.35. The molecule has 1 aromatic heterocycles. The molecule has 4 heteroatoms. The molecule has 0 radical (unpaired) electrons. The summed E-state index contributed by atoms with van der Waals surface area (Å²) in [4.78, 5) is 11.4. The number of benzene rings is 1. The molecule has 1 heterocycles. The fourth-order valence-corrected chi connectivity index (χ4v) is 2.65. The zero-order valence-electron chi connectivity index (χ0n) is 7.41. The Hall–Kier alpha value is -1.06. The van der Waals surface area contributed by atoms with Crippen molar-refractivity contribution in [3.63, 3.8) is 0 Å². The van der Waals surface area contributed by atoms with Crippen molar-refractivity contribution < 1.29 is 9.53 Å². The molecule has 0 aliphatic carbocycles. The van der Waals surface area contributed by atoms with Crippen LogP contribution in [0.4, 0.5) is 0 Å². The Morgan fingerprint density at radius 1 is 1.43 bits per heavy atom. The summed E-state index contributed by atoms with van der Waals surface area (Å²) in [5.74, 6) is -0.382. The minimum atomic E-state index is -0.382. The van der Waals surface area contributed by atoms with Gasteiger partial charge in [-0.15, -0.1) is 11.3 Å². The van der Waals surface area contributed by atoms with Crippen LogP contribution in [0.15, 0.2) is 24.3 Å². The Morgan fingerprint density at radius 2 is 2.14 bits per heavy atom. The predicted molar refractivity (Wildman–Crippen MR) is 58.2 cm³/mol. The highest BCUT2D eigenvalue weighted by molar-refractivity contribution is 7.23. The second kappa shape index (κ2) is 3.59. The normalized spacial score (nSPS) is 10.4. The number of hydrogen-bond acceptors (Lipinski definition) is 3. The zero-order valence-corrected chi connectivity index (χ0v) is 8.98. The third-order valence-corrected chi connectivity index (χ3v) is 3.32. The van der Waals surface area contributed by atoms with Gasteiger partial charge in [-0.1, -0.05) is 29.8 Å². The molecular formula is C10H7ClO2S. The molecular weight excluding hydrogens is 220 g/mol. The van der Waals surface area contributed by atoms with Gasteiger partial charge in [0.15, 0.2) is 0 Å². The third-order valence-electron chi connectivity index (χ3n) is 1.94. The van der Waals surface area contributed by atoms with E-state index in [1.165, 1.54) is 18.4 Å². The molecule has 0 unspecified atom stereocenters. The molecule has 0 saturated carbocycles. The van der Waals surface area contributed by atoms with E-state index in [9.17, 15) is 4.79 Å². The summed E-state index contributed by atoms with van der Waals surface area (Å²) in [5, 5.41) is 0.856. The van der Waals surface area contributed by atoms with E-state index in [0.717, 1.165) is 10.1 Å². The largest absolute Gasteiger partial charge is 0.465 e. The maximum absolute atomic E-state index is 11.4. The lowest BCUT2D eigenvalue weighted by Crippen LogP contribution is -2.00. The van der Waals surface area contributed by atoms with Gasteiger partial charge in [-0.05, 0) is 6.07 Å². The van der Waals surface area contributed by atoms with Gasteiger partial charge in [0.05, 0.1) is 12.7 Å². The van der Waals surface area contributed by atoms with Crippen molar-refractivity contribution in [2.75, 3.05) is 7.11 Å². The van der Waals surface area contributed by atoms with Gasteiger partial charge in [-0.2, -0.15) is 0 Å². The van der Waals surface area contributed by atoms with E-state index < -0.39 is 0 Å². The number of fused-ring (bicyclic) bond motifs is 1. The maximum Gasteiger partial charge on any atom is 0.340 e. The van der Waals surface area contributed by atoms with Crippen molar-refractivity contribution in [3.05, 3.63) is 34.2 Å². The van der Waals surface area contributed by atoms with Gasteiger partial charge in [0, 0.05) is 10.1 Å². The fraction of sp³-hybridized carbons (Fsp3) is 0.100. The molecule has 14 heavy (non-hydrogen) atoms. The van der Waals surface area contributed by atoms with E-state index >= 15 is 0 Å². The number of carbonyl (C=O) groups excluding carboxylic acids is 1. The van der Waals surface area contributed by atoms with E-state index in [0.29, 0.717) is 9.90 Å². The number of thiophene rings is 1. The van der Waals surface area contributed by atoms with Crippen LogP contribution < -0.4 is 0 Å². The number of carbonyl (C=O) groups is 1. The first-order valence-corrected chi connectivity index (χ1v) is 5.19. The Labute approximate surface area is 90.1 Å². The van der Waals surface area contributed by atoms with Crippen molar-refractivity contribution in [2.24, 2.45) is 0 Å². The first kappa shape index (κ1) is 9.49. The second-order valence-electron chi connectivity index (χ2n) is 2.74. The van der Waals surface area contributed by atoms with Gasteiger partial charge in [0.2, 0.25) is 0 Å². The standard InChI is InChI=1S/C10H7ClO2S/c1-13-10(12)8-6-4-2-3-5-7(6)14-9(8)11/h2-5H,1H3. The Bertz CT molecular complexity index is 490. The van der Waals surface area contributed by atoms with Crippen LogP contribution in [0.1, 0.15) is 10.4 Å². The van der Waals surface area contributed by atoms with E-state index in [-0.39, 0.29) is 5.97 Å². The third kappa shape index (κ3) is 1.38. The molecule has 0 amide bonds. The first-order chi connectivity index (χ1) is 6.74. The number of halogens is 1. The van der Waals surface area contributed by atoms with Crippen LogP contribution in [0, 0.1) is 0 Å². The summed E-state index contributed by atoms with van der Waals surface area (Å²) in [6, 6.07) is 7.58. The van der Waals surface area contributed by atoms with Crippen LogP contribution in [0.25, 0.3) is 10.1 Å². The first-order valence-electron chi connectivity index (χ1n) is 3.99. The van der Waals surface area contributed by atoms with Gasteiger partial charge in [-0.3, -0.25) is 0 Å². The number of rotatable bonds is 1. The summed E-state index contributed by atoms with van der Waals surface area (Å²) in [6.45, 7) is 0. The molecule has 0 atom stereocenters. The fourth-order valence-electron chi connectivity index (χ4n) is 1.31. The van der Waals surface area contributed by atoms with Gasteiger partial charge in [0.25, 0.3) is 0 Å². The minimum Gasteiger partial charge on any atom is -0.465 e. The number of hydrogen-bond donors (Lipinski definition) is 0. The van der Waals surface area contributed by atoms with Gasteiger partial charge >= 0.3 is 5.97 Å². The Balaban J connectivity index is 2.74.